The van der Waals surface area contributed by atoms with Crippen molar-refractivity contribution in [1.29, 1.82) is 0 Å². The second kappa shape index (κ2) is 6.18. The first-order valence-electron chi connectivity index (χ1n) is 6.65. The number of unbranched alkanes of at least 4 members (excludes halogenated alkanes) is 1. The quantitative estimate of drug-likeness (QED) is 0.601. The summed E-state index contributed by atoms with van der Waals surface area (Å²) in [6, 6.07) is 0. The van der Waals surface area contributed by atoms with Gasteiger partial charge >= 0.3 is 0 Å². The number of hydrogen-bond donors (Lipinski definition) is 0. The average molecular weight is 228 g/mol. The van der Waals surface area contributed by atoms with Gasteiger partial charge in [-0.25, -0.2) is 0 Å². The maximum Gasteiger partial charge on any atom is 0.00472 e. The van der Waals surface area contributed by atoms with E-state index in [0.29, 0.717) is 5.41 Å². The summed E-state index contributed by atoms with van der Waals surface area (Å²) in [5, 5.41) is 0.982. The summed E-state index contributed by atoms with van der Waals surface area (Å²) >= 11 is 2.23. The monoisotopic (exact) mass is 228 g/mol. The molecule has 1 heteroatoms. The van der Waals surface area contributed by atoms with E-state index in [0.717, 1.165) is 11.2 Å². The maximum atomic E-state index is 2.40. The fourth-order valence-corrected chi connectivity index (χ4v) is 3.88. The van der Waals surface area contributed by atoms with Crippen LogP contribution in [0.25, 0.3) is 0 Å². The van der Waals surface area contributed by atoms with Gasteiger partial charge in [-0.3, -0.25) is 0 Å². The van der Waals surface area contributed by atoms with Gasteiger partial charge in [0.05, 0.1) is 0 Å². The lowest BCUT2D eigenvalue weighted by molar-refractivity contribution is 0.182. The summed E-state index contributed by atoms with van der Waals surface area (Å²) in [7, 11) is 0. The molecule has 0 nitrogen and oxygen atoms in total. The summed E-state index contributed by atoms with van der Waals surface area (Å²) in [6.07, 6.45) is 8.63. The van der Waals surface area contributed by atoms with Crippen molar-refractivity contribution in [1.82, 2.24) is 0 Å². The van der Waals surface area contributed by atoms with Crippen LogP contribution in [0.15, 0.2) is 0 Å². The van der Waals surface area contributed by atoms with E-state index in [1.807, 2.05) is 0 Å². The minimum Gasteiger partial charge on any atom is -0.159 e. The van der Waals surface area contributed by atoms with Crippen LogP contribution in [0.2, 0.25) is 0 Å². The van der Waals surface area contributed by atoms with Crippen LogP contribution < -0.4 is 0 Å². The Balaban J connectivity index is 2.18. The lowest BCUT2D eigenvalue weighted by Crippen LogP contribution is -2.26. The Hall–Kier alpha value is 0.350. The van der Waals surface area contributed by atoms with Gasteiger partial charge in [0.15, 0.2) is 0 Å². The Morgan fingerprint density at radius 3 is 2.13 bits per heavy atom. The number of thioether (sulfide) groups is 1. The standard InChI is InChI=1S/C14H28S/c1-5-6-11-15-13-9-7-12(8-10-13)14(2,3)4/h12-13H,5-11H2,1-4H3. The molecular weight excluding hydrogens is 200 g/mol. The second-order valence-corrected chi connectivity index (χ2v) is 7.47. The van der Waals surface area contributed by atoms with Crippen molar-refractivity contribution in [2.24, 2.45) is 11.3 Å². The highest BCUT2D eigenvalue weighted by Crippen LogP contribution is 2.40. The van der Waals surface area contributed by atoms with Crippen LogP contribution in [0.4, 0.5) is 0 Å². The minimum absolute atomic E-state index is 0.541. The van der Waals surface area contributed by atoms with Crippen molar-refractivity contribution in [2.75, 3.05) is 5.75 Å². The number of rotatable bonds is 4. The van der Waals surface area contributed by atoms with Crippen LogP contribution in [0.5, 0.6) is 0 Å². The first-order valence-corrected chi connectivity index (χ1v) is 7.70. The van der Waals surface area contributed by atoms with Gasteiger partial charge in [-0.05, 0) is 49.2 Å². The molecule has 1 fully saturated rings. The van der Waals surface area contributed by atoms with Gasteiger partial charge in [0, 0.05) is 5.25 Å². The molecule has 15 heavy (non-hydrogen) atoms. The molecule has 0 aromatic rings. The van der Waals surface area contributed by atoms with E-state index < -0.39 is 0 Å². The Labute approximate surface area is 101 Å². The van der Waals surface area contributed by atoms with Gasteiger partial charge in [-0.1, -0.05) is 34.1 Å². The zero-order chi connectivity index (χ0) is 11.3. The third kappa shape index (κ3) is 4.80. The Bertz CT molecular complexity index is 161. The van der Waals surface area contributed by atoms with Crippen LogP contribution in [-0.4, -0.2) is 11.0 Å². The van der Waals surface area contributed by atoms with Crippen molar-refractivity contribution in [3.05, 3.63) is 0 Å². The predicted octanol–water partition coefficient (Wildman–Crippen LogP) is 5.12. The van der Waals surface area contributed by atoms with Crippen molar-refractivity contribution in [3.63, 3.8) is 0 Å². The highest BCUT2D eigenvalue weighted by molar-refractivity contribution is 7.99. The Kier molecular flexibility index (Phi) is 5.52. The topological polar surface area (TPSA) is 0 Å². The fraction of sp³-hybridized carbons (Fsp3) is 1.00. The molecule has 1 aliphatic carbocycles. The molecule has 0 heterocycles. The SMILES string of the molecule is CCCCSC1CCC(C(C)(C)C)CC1. The van der Waals surface area contributed by atoms with Gasteiger partial charge in [-0.2, -0.15) is 11.8 Å². The lowest BCUT2D eigenvalue weighted by atomic mass is 9.72. The smallest absolute Gasteiger partial charge is 0.00472 e. The van der Waals surface area contributed by atoms with Crippen molar-refractivity contribution in [2.45, 2.75) is 71.5 Å². The summed E-state index contributed by atoms with van der Waals surface area (Å²) in [4.78, 5) is 0. The van der Waals surface area contributed by atoms with Crippen LogP contribution in [0, 0.1) is 11.3 Å². The summed E-state index contributed by atoms with van der Waals surface area (Å²) < 4.78 is 0. The van der Waals surface area contributed by atoms with Crippen LogP contribution >= 0.6 is 11.8 Å². The molecule has 0 spiro atoms. The largest absolute Gasteiger partial charge is 0.159 e. The summed E-state index contributed by atoms with van der Waals surface area (Å²) in [5.41, 5.74) is 0.541. The van der Waals surface area contributed by atoms with Gasteiger partial charge in [0.25, 0.3) is 0 Å². The molecular formula is C14H28S. The fourth-order valence-electron chi connectivity index (χ4n) is 2.49. The normalized spacial score (nSPS) is 28.0. The molecule has 0 N–H and O–H groups in total. The summed E-state index contributed by atoms with van der Waals surface area (Å²) in [5.74, 6) is 2.36. The Morgan fingerprint density at radius 1 is 1.07 bits per heavy atom. The molecule has 0 aromatic carbocycles. The molecule has 1 aliphatic rings. The first kappa shape index (κ1) is 13.4. The molecule has 0 saturated heterocycles. The van der Waals surface area contributed by atoms with E-state index >= 15 is 0 Å². The molecule has 0 unspecified atom stereocenters. The van der Waals surface area contributed by atoms with Crippen LogP contribution in [-0.2, 0) is 0 Å². The lowest BCUT2D eigenvalue weighted by Gasteiger charge is -2.36. The van der Waals surface area contributed by atoms with Gasteiger partial charge in [0.2, 0.25) is 0 Å². The van der Waals surface area contributed by atoms with Crippen LogP contribution in [0.1, 0.15) is 66.2 Å². The molecule has 0 bridgehead atoms. The summed E-state index contributed by atoms with van der Waals surface area (Å²) in [6.45, 7) is 9.50. The van der Waals surface area contributed by atoms with Gasteiger partial charge < -0.3 is 0 Å². The zero-order valence-electron chi connectivity index (χ0n) is 11.0. The number of hydrogen-bond acceptors (Lipinski definition) is 1. The highest BCUT2D eigenvalue weighted by Gasteiger charge is 2.29. The van der Waals surface area contributed by atoms with E-state index in [4.69, 9.17) is 0 Å². The second-order valence-electron chi connectivity index (χ2n) is 6.06. The van der Waals surface area contributed by atoms with Crippen molar-refractivity contribution < 1.29 is 0 Å². The van der Waals surface area contributed by atoms with E-state index in [9.17, 15) is 0 Å². The first-order chi connectivity index (χ1) is 7.04. The van der Waals surface area contributed by atoms with E-state index in [2.05, 4.69) is 39.5 Å². The third-order valence-corrected chi connectivity index (χ3v) is 5.22. The molecule has 0 radical (unpaired) electrons. The molecule has 0 aromatic heterocycles. The average Bonchev–Trinajstić information content (AvgIpc) is 2.18. The van der Waals surface area contributed by atoms with Gasteiger partial charge in [-0.15, -0.1) is 0 Å². The van der Waals surface area contributed by atoms with Crippen molar-refractivity contribution in [3.8, 4) is 0 Å². The van der Waals surface area contributed by atoms with E-state index in [1.165, 1.54) is 44.3 Å². The molecule has 0 atom stereocenters. The zero-order valence-corrected chi connectivity index (χ0v) is 11.8. The molecule has 0 aliphatic heterocycles. The molecule has 90 valence electrons. The van der Waals surface area contributed by atoms with Crippen LogP contribution in [0.3, 0.4) is 0 Å². The van der Waals surface area contributed by atoms with E-state index in [-0.39, 0.29) is 0 Å². The third-order valence-electron chi connectivity index (χ3n) is 3.75. The minimum atomic E-state index is 0.541. The maximum absolute atomic E-state index is 2.40. The molecule has 0 amide bonds. The molecule has 1 rings (SSSR count). The van der Waals surface area contributed by atoms with E-state index in [1.54, 1.807) is 0 Å². The Morgan fingerprint density at radius 2 is 1.67 bits per heavy atom. The van der Waals surface area contributed by atoms with Gasteiger partial charge in [0.1, 0.15) is 0 Å². The highest BCUT2D eigenvalue weighted by atomic mass is 32.2. The molecule has 1 saturated carbocycles. The van der Waals surface area contributed by atoms with Crippen molar-refractivity contribution >= 4 is 11.8 Å². The predicted molar refractivity (Wildman–Crippen MR) is 72.6 cm³/mol.